The maximum absolute atomic E-state index is 12.6. The van der Waals surface area contributed by atoms with Crippen molar-refractivity contribution in [2.45, 2.75) is 32.4 Å². The van der Waals surface area contributed by atoms with Crippen LogP contribution in [-0.2, 0) is 13.0 Å². The van der Waals surface area contributed by atoms with Crippen LogP contribution in [0.2, 0.25) is 0 Å². The van der Waals surface area contributed by atoms with E-state index in [1.807, 2.05) is 18.3 Å². The second kappa shape index (κ2) is 6.93. The number of fused-ring (bicyclic) bond motifs is 1. The van der Waals surface area contributed by atoms with Gasteiger partial charge in [0.05, 0.1) is 10.7 Å². The number of likely N-dealkylation sites (tertiary alicyclic amines) is 1. The Morgan fingerprint density at radius 1 is 1.48 bits per heavy atom. The number of hydrogen-bond acceptors (Lipinski definition) is 5. The molecular weight excluding hydrogens is 334 g/mol. The lowest BCUT2D eigenvalue weighted by atomic mass is 10.2. The van der Waals surface area contributed by atoms with Gasteiger partial charge in [0, 0.05) is 54.4 Å². The SMILES string of the molecule is CCc1nc(CN2CC[C@@H](NC(=O)c3nccc4[nH]ccc34)C2)cs1. The third kappa shape index (κ3) is 3.43. The summed E-state index contributed by atoms with van der Waals surface area (Å²) in [5, 5.41) is 7.32. The molecule has 0 aliphatic carbocycles. The zero-order valence-corrected chi connectivity index (χ0v) is 15.0. The summed E-state index contributed by atoms with van der Waals surface area (Å²) in [6.07, 6.45) is 5.45. The molecule has 3 aromatic rings. The fraction of sp³-hybridized carbons (Fsp3) is 0.389. The standard InChI is InChI=1S/C18H21N5OS/c1-2-16-21-13(11-25-16)10-23-8-5-12(9-23)22-18(24)17-14-3-6-19-15(14)4-7-20-17/h3-4,6-7,11-12,19H,2,5,8-10H2,1H3,(H,22,24)/t12-/m1/s1. The smallest absolute Gasteiger partial charge is 0.270 e. The topological polar surface area (TPSA) is 73.9 Å². The van der Waals surface area contributed by atoms with E-state index in [0.717, 1.165) is 49.1 Å². The Morgan fingerprint density at radius 3 is 3.24 bits per heavy atom. The van der Waals surface area contributed by atoms with E-state index in [1.165, 1.54) is 5.01 Å². The molecule has 4 rings (SSSR count). The summed E-state index contributed by atoms with van der Waals surface area (Å²) in [5.41, 5.74) is 2.56. The van der Waals surface area contributed by atoms with Crippen molar-refractivity contribution >= 4 is 28.1 Å². The number of thiazole rings is 1. The molecule has 3 aromatic heterocycles. The van der Waals surface area contributed by atoms with Crippen molar-refractivity contribution in [3.63, 3.8) is 0 Å². The van der Waals surface area contributed by atoms with Crippen molar-refractivity contribution < 1.29 is 4.79 Å². The van der Waals surface area contributed by atoms with E-state index >= 15 is 0 Å². The van der Waals surface area contributed by atoms with Crippen LogP contribution >= 0.6 is 11.3 Å². The third-order valence-corrected chi connectivity index (χ3v) is 5.63. The highest BCUT2D eigenvalue weighted by atomic mass is 32.1. The van der Waals surface area contributed by atoms with Crippen LogP contribution in [0, 0.1) is 0 Å². The molecule has 7 heteroatoms. The van der Waals surface area contributed by atoms with Gasteiger partial charge in [-0.15, -0.1) is 11.3 Å². The van der Waals surface area contributed by atoms with Crippen molar-refractivity contribution in [3.8, 4) is 0 Å². The number of nitrogens with one attached hydrogen (secondary N) is 2. The first-order chi connectivity index (χ1) is 12.2. The Labute approximate surface area is 150 Å². The van der Waals surface area contributed by atoms with Crippen LogP contribution in [0.25, 0.3) is 10.9 Å². The second-order valence-electron chi connectivity index (χ2n) is 6.38. The highest BCUT2D eigenvalue weighted by molar-refractivity contribution is 7.09. The number of aromatic nitrogens is 3. The van der Waals surface area contributed by atoms with Crippen molar-refractivity contribution in [3.05, 3.63) is 46.3 Å². The van der Waals surface area contributed by atoms with Gasteiger partial charge in [0.2, 0.25) is 0 Å². The molecule has 0 aromatic carbocycles. The molecule has 0 radical (unpaired) electrons. The molecule has 0 unspecified atom stereocenters. The second-order valence-corrected chi connectivity index (χ2v) is 7.32. The van der Waals surface area contributed by atoms with Crippen LogP contribution in [-0.4, -0.2) is 44.9 Å². The van der Waals surface area contributed by atoms with Gasteiger partial charge in [-0.05, 0) is 25.0 Å². The van der Waals surface area contributed by atoms with Crippen molar-refractivity contribution in [1.29, 1.82) is 0 Å². The zero-order chi connectivity index (χ0) is 17.2. The summed E-state index contributed by atoms with van der Waals surface area (Å²) < 4.78 is 0. The van der Waals surface area contributed by atoms with Gasteiger partial charge in [-0.25, -0.2) is 4.98 Å². The number of carbonyl (C=O) groups excluding carboxylic acids is 1. The molecule has 0 bridgehead atoms. The number of H-pyrrole nitrogens is 1. The summed E-state index contributed by atoms with van der Waals surface area (Å²) in [6.45, 7) is 4.82. The van der Waals surface area contributed by atoms with E-state index in [1.54, 1.807) is 17.5 Å². The fourth-order valence-corrected chi connectivity index (χ4v) is 4.06. The number of carbonyl (C=O) groups is 1. The lowest BCUT2D eigenvalue weighted by Gasteiger charge is -2.15. The molecular formula is C18H21N5OS. The van der Waals surface area contributed by atoms with E-state index in [0.29, 0.717) is 5.69 Å². The van der Waals surface area contributed by atoms with E-state index in [4.69, 9.17) is 0 Å². The van der Waals surface area contributed by atoms with Crippen LogP contribution in [0.5, 0.6) is 0 Å². The Kier molecular flexibility index (Phi) is 4.50. The van der Waals surface area contributed by atoms with Gasteiger partial charge < -0.3 is 10.3 Å². The van der Waals surface area contributed by atoms with E-state index in [2.05, 4.69) is 37.5 Å². The summed E-state index contributed by atoms with van der Waals surface area (Å²) in [5.74, 6) is -0.0982. The molecule has 2 N–H and O–H groups in total. The van der Waals surface area contributed by atoms with Gasteiger partial charge in [0.15, 0.2) is 0 Å². The van der Waals surface area contributed by atoms with Crippen molar-refractivity contribution in [2.24, 2.45) is 0 Å². The van der Waals surface area contributed by atoms with Crippen LogP contribution in [0.15, 0.2) is 29.9 Å². The molecule has 1 atom stereocenters. The molecule has 1 saturated heterocycles. The van der Waals surface area contributed by atoms with Crippen molar-refractivity contribution in [2.75, 3.05) is 13.1 Å². The predicted octanol–water partition coefficient (Wildman–Crippen LogP) is 2.59. The minimum Gasteiger partial charge on any atom is -0.361 e. The zero-order valence-electron chi connectivity index (χ0n) is 14.2. The number of amides is 1. The average Bonchev–Trinajstić information content (AvgIpc) is 3.35. The quantitative estimate of drug-likeness (QED) is 0.738. The first-order valence-corrected chi connectivity index (χ1v) is 9.49. The van der Waals surface area contributed by atoms with Crippen molar-refractivity contribution in [1.82, 2.24) is 25.2 Å². The maximum Gasteiger partial charge on any atom is 0.270 e. The molecule has 6 nitrogen and oxygen atoms in total. The third-order valence-electron chi connectivity index (χ3n) is 4.59. The first-order valence-electron chi connectivity index (χ1n) is 8.61. The number of hydrogen-bond donors (Lipinski definition) is 2. The van der Waals surface area contributed by atoms with Gasteiger partial charge in [0.1, 0.15) is 5.69 Å². The maximum atomic E-state index is 12.6. The van der Waals surface area contributed by atoms with Gasteiger partial charge in [-0.3, -0.25) is 14.7 Å². The number of aryl methyl sites for hydroxylation is 1. The molecule has 4 heterocycles. The molecule has 0 saturated carbocycles. The number of nitrogens with zero attached hydrogens (tertiary/aromatic N) is 3. The highest BCUT2D eigenvalue weighted by Gasteiger charge is 2.25. The molecule has 1 aliphatic rings. The average molecular weight is 355 g/mol. The number of pyridine rings is 1. The van der Waals surface area contributed by atoms with Crippen LogP contribution < -0.4 is 5.32 Å². The molecule has 1 amide bonds. The summed E-state index contributed by atoms with van der Waals surface area (Å²) >= 11 is 1.72. The van der Waals surface area contributed by atoms with E-state index in [-0.39, 0.29) is 11.9 Å². The van der Waals surface area contributed by atoms with Crippen LogP contribution in [0.1, 0.15) is 34.5 Å². The Balaban J connectivity index is 1.37. The van der Waals surface area contributed by atoms with Gasteiger partial charge in [-0.1, -0.05) is 6.92 Å². The van der Waals surface area contributed by atoms with Crippen LogP contribution in [0.3, 0.4) is 0 Å². The number of rotatable bonds is 5. The van der Waals surface area contributed by atoms with Gasteiger partial charge >= 0.3 is 0 Å². The molecule has 0 spiro atoms. The van der Waals surface area contributed by atoms with Gasteiger partial charge in [-0.2, -0.15) is 0 Å². The van der Waals surface area contributed by atoms with Gasteiger partial charge in [0.25, 0.3) is 5.91 Å². The Morgan fingerprint density at radius 2 is 2.40 bits per heavy atom. The monoisotopic (exact) mass is 355 g/mol. The summed E-state index contributed by atoms with van der Waals surface area (Å²) in [4.78, 5) is 27.0. The number of aromatic amines is 1. The highest BCUT2D eigenvalue weighted by Crippen LogP contribution is 2.18. The normalized spacial score (nSPS) is 18.0. The van der Waals surface area contributed by atoms with Crippen LogP contribution in [0.4, 0.5) is 0 Å². The van der Waals surface area contributed by atoms with E-state index in [9.17, 15) is 4.79 Å². The molecule has 130 valence electrons. The first kappa shape index (κ1) is 16.2. The summed E-state index contributed by atoms with van der Waals surface area (Å²) in [7, 11) is 0. The summed E-state index contributed by atoms with van der Waals surface area (Å²) in [6, 6.07) is 3.93. The Bertz CT molecular complexity index is 886. The lowest BCUT2D eigenvalue weighted by molar-refractivity contribution is 0.0934. The predicted molar refractivity (Wildman–Crippen MR) is 98.7 cm³/mol. The molecule has 1 aliphatic heterocycles. The minimum atomic E-state index is -0.0982. The van der Waals surface area contributed by atoms with E-state index < -0.39 is 0 Å². The molecule has 1 fully saturated rings. The largest absolute Gasteiger partial charge is 0.361 e. The Hall–Kier alpha value is -2.25. The fourth-order valence-electron chi connectivity index (χ4n) is 3.32. The molecule has 25 heavy (non-hydrogen) atoms. The minimum absolute atomic E-state index is 0.0982. The lowest BCUT2D eigenvalue weighted by Crippen LogP contribution is -2.37.